The maximum atomic E-state index is 5.57. The van der Waals surface area contributed by atoms with Crippen molar-refractivity contribution < 1.29 is 0 Å². The number of nitrogens with two attached hydrogens (primary N) is 1. The van der Waals surface area contributed by atoms with E-state index in [-0.39, 0.29) is 0 Å². The Kier molecular flexibility index (Phi) is 4.58. The van der Waals surface area contributed by atoms with Crippen molar-refractivity contribution >= 4 is 11.3 Å². The fraction of sp³-hybridized carbons (Fsp3) is 0.636. The Labute approximate surface area is 90.5 Å². The van der Waals surface area contributed by atoms with Crippen LogP contribution in [0.4, 0.5) is 0 Å². The molecule has 0 aliphatic carbocycles. The standard InChI is InChI=1S/C11H20N2S/c1-8(2)4-5-11(13-12)10-7-14-6-9(10)3/h6-8,11,13H,4-5,12H2,1-3H3. The van der Waals surface area contributed by atoms with Crippen molar-refractivity contribution in [3.8, 4) is 0 Å². The van der Waals surface area contributed by atoms with Gasteiger partial charge in [-0.3, -0.25) is 11.3 Å². The van der Waals surface area contributed by atoms with Crippen molar-refractivity contribution in [2.45, 2.75) is 39.7 Å². The topological polar surface area (TPSA) is 38.0 Å². The molecule has 1 rings (SSSR count). The van der Waals surface area contributed by atoms with Gasteiger partial charge in [-0.15, -0.1) is 0 Å². The van der Waals surface area contributed by atoms with Crippen molar-refractivity contribution in [1.82, 2.24) is 5.43 Å². The van der Waals surface area contributed by atoms with Crippen molar-refractivity contribution in [1.29, 1.82) is 0 Å². The van der Waals surface area contributed by atoms with E-state index in [1.807, 2.05) is 0 Å². The number of hydrogen-bond acceptors (Lipinski definition) is 3. The van der Waals surface area contributed by atoms with Gasteiger partial charge >= 0.3 is 0 Å². The largest absolute Gasteiger partial charge is 0.271 e. The van der Waals surface area contributed by atoms with Gasteiger partial charge in [-0.05, 0) is 47.6 Å². The average molecular weight is 212 g/mol. The number of nitrogens with one attached hydrogen (secondary N) is 1. The van der Waals surface area contributed by atoms with E-state index in [1.54, 1.807) is 11.3 Å². The molecule has 0 amide bonds. The van der Waals surface area contributed by atoms with Crippen molar-refractivity contribution in [2.24, 2.45) is 11.8 Å². The Morgan fingerprint density at radius 3 is 2.50 bits per heavy atom. The molecule has 1 aromatic rings. The van der Waals surface area contributed by atoms with Crippen LogP contribution in [-0.4, -0.2) is 0 Å². The second kappa shape index (κ2) is 5.49. The van der Waals surface area contributed by atoms with E-state index in [2.05, 4.69) is 37.0 Å². The van der Waals surface area contributed by atoms with Crippen LogP contribution in [0, 0.1) is 12.8 Å². The molecule has 0 bridgehead atoms. The molecule has 0 saturated heterocycles. The minimum Gasteiger partial charge on any atom is -0.271 e. The molecule has 0 aliphatic heterocycles. The van der Waals surface area contributed by atoms with Gasteiger partial charge in [0.2, 0.25) is 0 Å². The molecular weight excluding hydrogens is 192 g/mol. The molecule has 1 aromatic heterocycles. The van der Waals surface area contributed by atoms with E-state index >= 15 is 0 Å². The lowest BCUT2D eigenvalue weighted by Gasteiger charge is -2.17. The van der Waals surface area contributed by atoms with Crippen LogP contribution in [0.5, 0.6) is 0 Å². The van der Waals surface area contributed by atoms with Gasteiger partial charge in [0.1, 0.15) is 0 Å². The summed E-state index contributed by atoms with van der Waals surface area (Å²) in [6.07, 6.45) is 2.33. The zero-order valence-corrected chi connectivity index (χ0v) is 10.0. The summed E-state index contributed by atoms with van der Waals surface area (Å²) >= 11 is 1.75. The maximum absolute atomic E-state index is 5.57. The zero-order chi connectivity index (χ0) is 10.6. The Morgan fingerprint density at radius 1 is 1.36 bits per heavy atom. The highest BCUT2D eigenvalue weighted by Gasteiger charge is 2.12. The first-order chi connectivity index (χ1) is 6.65. The van der Waals surface area contributed by atoms with Crippen LogP contribution < -0.4 is 11.3 Å². The Hall–Kier alpha value is -0.380. The Balaban J connectivity index is 2.58. The van der Waals surface area contributed by atoms with E-state index < -0.39 is 0 Å². The molecule has 14 heavy (non-hydrogen) atoms. The molecule has 1 unspecified atom stereocenters. The molecule has 0 saturated carbocycles. The molecule has 3 heteroatoms. The fourth-order valence-electron chi connectivity index (χ4n) is 1.56. The van der Waals surface area contributed by atoms with Crippen LogP contribution in [0.1, 0.15) is 43.9 Å². The summed E-state index contributed by atoms with van der Waals surface area (Å²) in [4.78, 5) is 0. The lowest BCUT2D eigenvalue weighted by atomic mass is 9.98. The van der Waals surface area contributed by atoms with Crippen LogP contribution >= 0.6 is 11.3 Å². The summed E-state index contributed by atoms with van der Waals surface area (Å²) in [7, 11) is 0. The van der Waals surface area contributed by atoms with Gasteiger partial charge in [0.25, 0.3) is 0 Å². The van der Waals surface area contributed by atoms with E-state index in [1.165, 1.54) is 17.5 Å². The van der Waals surface area contributed by atoms with Crippen LogP contribution in [-0.2, 0) is 0 Å². The smallest absolute Gasteiger partial charge is 0.0470 e. The third-order valence-electron chi connectivity index (χ3n) is 2.50. The van der Waals surface area contributed by atoms with E-state index in [4.69, 9.17) is 5.84 Å². The summed E-state index contributed by atoms with van der Waals surface area (Å²) in [5.41, 5.74) is 5.62. The van der Waals surface area contributed by atoms with Crippen LogP contribution in [0.2, 0.25) is 0 Å². The Bertz CT molecular complexity index is 268. The molecular formula is C11H20N2S. The van der Waals surface area contributed by atoms with Gasteiger partial charge < -0.3 is 0 Å². The molecule has 1 atom stereocenters. The van der Waals surface area contributed by atoms with Crippen molar-refractivity contribution in [3.63, 3.8) is 0 Å². The zero-order valence-electron chi connectivity index (χ0n) is 9.21. The summed E-state index contributed by atoms with van der Waals surface area (Å²) in [5.74, 6) is 6.31. The number of thiophene rings is 1. The SMILES string of the molecule is Cc1cscc1C(CCC(C)C)NN. The summed E-state index contributed by atoms with van der Waals surface area (Å²) in [6, 6.07) is 0.323. The molecule has 0 radical (unpaired) electrons. The quantitative estimate of drug-likeness (QED) is 0.581. The summed E-state index contributed by atoms with van der Waals surface area (Å²) in [6.45, 7) is 6.63. The van der Waals surface area contributed by atoms with Gasteiger partial charge in [0, 0.05) is 6.04 Å². The van der Waals surface area contributed by atoms with Gasteiger partial charge in [0.05, 0.1) is 0 Å². The van der Waals surface area contributed by atoms with E-state index in [9.17, 15) is 0 Å². The van der Waals surface area contributed by atoms with Crippen LogP contribution in [0.25, 0.3) is 0 Å². The second-order valence-corrected chi connectivity index (χ2v) is 4.94. The number of hydrazine groups is 1. The third-order valence-corrected chi connectivity index (χ3v) is 3.38. The molecule has 80 valence electrons. The number of rotatable bonds is 5. The fourth-order valence-corrected chi connectivity index (χ4v) is 2.46. The average Bonchev–Trinajstić information content (AvgIpc) is 2.53. The predicted octanol–water partition coefficient (Wildman–Crippen LogP) is 3.00. The molecule has 0 aromatic carbocycles. The van der Waals surface area contributed by atoms with Gasteiger partial charge in [-0.2, -0.15) is 11.3 Å². The first kappa shape index (κ1) is 11.7. The highest BCUT2D eigenvalue weighted by atomic mass is 32.1. The van der Waals surface area contributed by atoms with Gasteiger partial charge in [0.15, 0.2) is 0 Å². The van der Waals surface area contributed by atoms with Crippen LogP contribution in [0.15, 0.2) is 10.8 Å². The minimum atomic E-state index is 0.323. The van der Waals surface area contributed by atoms with Gasteiger partial charge in [-0.1, -0.05) is 13.8 Å². The normalized spacial score (nSPS) is 13.5. The van der Waals surface area contributed by atoms with Crippen molar-refractivity contribution in [3.05, 3.63) is 21.9 Å². The molecule has 2 nitrogen and oxygen atoms in total. The molecule has 0 aliphatic rings. The first-order valence-corrected chi connectivity index (χ1v) is 6.08. The van der Waals surface area contributed by atoms with E-state index in [0.717, 1.165) is 12.3 Å². The monoisotopic (exact) mass is 212 g/mol. The Morgan fingerprint density at radius 2 is 2.07 bits per heavy atom. The first-order valence-electron chi connectivity index (χ1n) is 5.14. The predicted molar refractivity (Wildman–Crippen MR) is 63.2 cm³/mol. The highest BCUT2D eigenvalue weighted by Crippen LogP contribution is 2.25. The molecule has 3 N–H and O–H groups in total. The lowest BCUT2D eigenvalue weighted by molar-refractivity contribution is 0.448. The second-order valence-electron chi connectivity index (χ2n) is 4.20. The highest BCUT2D eigenvalue weighted by molar-refractivity contribution is 7.08. The van der Waals surface area contributed by atoms with Gasteiger partial charge in [-0.25, -0.2) is 0 Å². The molecule has 0 fully saturated rings. The minimum absolute atomic E-state index is 0.323. The van der Waals surface area contributed by atoms with E-state index in [0.29, 0.717) is 6.04 Å². The van der Waals surface area contributed by atoms with Crippen molar-refractivity contribution in [2.75, 3.05) is 0 Å². The summed E-state index contributed by atoms with van der Waals surface area (Å²) < 4.78 is 0. The number of hydrogen-bond donors (Lipinski definition) is 2. The number of aryl methyl sites for hydroxylation is 1. The molecule has 0 spiro atoms. The third kappa shape index (κ3) is 3.08. The molecule has 1 heterocycles. The van der Waals surface area contributed by atoms with Crippen LogP contribution in [0.3, 0.4) is 0 Å². The maximum Gasteiger partial charge on any atom is 0.0470 e. The lowest BCUT2D eigenvalue weighted by Crippen LogP contribution is -2.28. The summed E-state index contributed by atoms with van der Waals surface area (Å²) in [5, 5.41) is 4.37.